The highest BCUT2D eigenvalue weighted by molar-refractivity contribution is 7.26. The molecule has 76 heavy (non-hydrogen) atoms. The largest absolute Gasteiger partial charge is 0.455 e. The number of fused-ring (bicyclic) bond motifs is 17. The van der Waals surface area contributed by atoms with Crippen LogP contribution in [0.5, 0.6) is 0 Å². The van der Waals surface area contributed by atoms with E-state index in [4.69, 9.17) is 19.4 Å². The van der Waals surface area contributed by atoms with Crippen LogP contribution in [0.4, 0.5) is 0 Å². The zero-order chi connectivity index (χ0) is 49.6. The van der Waals surface area contributed by atoms with Crippen molar-refractivity contribution >= 4 is 129 Å². The van der Waals surface area contributed by atoms with Gasteiger partial charge in [-0.3, -0.25) is 0 Å². The van der Waals surface area contributed by atoms with Gasteiger partial charge in [0, 0.05) is 80.4 Å². The first-order chi connectivity index (χ1) is 37.7. The van der Waals surface area contributed by atoms with Crippen LogP contribution in [0.25, 0.3) is 164 Å². The molecular weight excluding hydrogens is 947 g/mol. The zero-order valence-electron chi connectivity index (χ0n) is 40.6. The number of hydrogen-bond donors (Lipinski definition) is 0. The highest BCUT2D eigenvalue weighted by atomic mass is 32.1. The highest BCUT2D eigenvalue weighted by Crippen LogP contribution is 2.46. The predicted octanol–water partition coefficient (Wildman–Crippen LogP) is 18.8. The van der Waals surface area contributed by atoms with E-state index in [1.54, 1.807) is 11.3 Å². The van der Waals surface area contributed by atoms with Crippen LogP contribution in [-0.2, 0) is 0 Å². The van der Waals surface area contributed by atoms with E-state index in [1.165, 1.54) is 53.3 Å². The smallest absolute Gasteiger partial charge is 0.167 e. The lowest BCUT2D eigenvalue weighted by atomic mass is 9.99. The molecule has 0 bridgehead atoms. The number of nitrogens with zero attached hydrogens (tertiary/aromatic N) is 5. The van der Waals surface area contributed by atoms with E-state index in [9.17, 15) is 0 Å². The Morgan fingerprint density at radius 3 is 1.80 bits per heavy atom. The van der Waals surface area contributed by atoms with Gasteiger partial charge in [0.1, 0.15) is 11.2 Å². The minimum absolute atomic E-state index is 0.535. The van der Waals surface area contributed by atoms with Crippen molar-refractivity contribution in [1.82, 2.24) is 24.1 Å². The summed E-state index contributed by atoms with van der Waals surface area (Å²) in [7, 11) is 0. The number of para-hydroxylation sites is 4. The van der Waals surface area contributed by atoms with Gasteiger partial charge in [0.15, 0.2) is 17.5 Å². The first-order valence-corrected chi connectivity index (χ1v) is 26.5. The molecule has 0 aliphatic carbocycles. The quantitative estimate of drug-likeness (QED) is 0.172. The van der Waals surface area contributed by atoms with E-state index in [2.05, 4.69) is 240 Å². The first kappa shape index (κ1) is 41.5. The second kappa shape index (κ2) is 15.8. The summed E-state index contributed by atoms with van der Waals surface area (Å²) >= 11 is 1.78. The molecule has 5 aromatic heterocycles. The van der Waals surface area contributed by atoms with Crippen molar-refractivity contribution in [2.24, 2.45) is 0 Å². The standard InChI is InChI=1S/C69H39N5OS/c1-2-19-44(20-3-1)73-58-29-11-8-22-47(58)49-25-14-27-53(64(49)73)67-70-68(54-28-15-26-51-48-23-10-13-31-61(48)76-66(51)54)72-69(71-67)57-37-43-32-34-45(39-55(43)62-52-24-9-12-30-60(52)75-65(57)62)74-59-38-42-18-5-4-17-41(42)36-56(59)50-35-33-40-16-6-7-21-46(40)63(50)74/h1-39H. The Hall–Kier alpha value is -9.95. The molecule has 0 saturated heterocycles. The van der Waals surface area contributed by atoms with Crippen molar-refractivity contribution in [3.63, 3.8) is 0 Å². The fraction of sp³-hybridized carbons (Fsp3) is 0. The summed E-state index contributed by atoms with van der Waals surface area (Å²) in [5, 5.41) is 16.1. The minimum Gasteiger partial charge on any atom is -0.455 e. The number of furan rings is 1. The summed E-state index contributed by atoms with van der Waals surface area (Å²) in [5.74, 6) is 1.71. The molecule has 0 atom stereocenters. The van der Waals surface area contributed by atoms with Crippen molar-refractivity contribution in [2.45, 2.75) is 0 Å². The van der Waals surface area contributed by atoms with Crippen molar-refractivity contribution in [3.05, 3.63) is 237 Å². The fourth-order valence-corrected chi connectivity index (χ4v) is 13.6. The van der Waals surface area contributed by atoms with E-state index in [0.717, 1.165) is 92.8 Å². The van der Waals surface area contributed by atoms with Gasteiger partial charge in [0.2, 0.25) is 0 Å². The molecule has 7 heteroatoms. The van der Waals surface area contributed by atoms with Crippen LogP contribution in [-0.4, -0.2) is 24.1 Å². The molecule has 0 aliphatic rings. The third-order valence-electron chi connectivity index (χ3n) is 15.7. The van der Waals surface area contributed by atoms with Gasteiger partial charge >= 0.3 is 0 Å². The van der Waals surface area contributed by atoms with Gasteiger partial charge in [-0.25, -0.2) is 15.0 Å². The Morgan fingerprint density at radius 2 is 0.947 bits per heavy atom. The van der Waals surface area contributed by atoms with Crippen LogP contribution in [0.1, 0.15) is 0 Å². The summed E-state index contributed by atoms with van der Waals surface area (Å²) in [5.41, 5.74) is 10.8. The number of hydrogen-bond acceptors (Lipinski definition) is 5. The maximum atomic E-state index is 7.10. The van der Waals surface area contributed by atoms with Gasteiger partial charge in [-0.05, 0) is 99.7 Å². The number of rotatable bonds is 5. The van der Waals surface area contributed by atoms with Crippen molar-refractivity contribution in [1.29, 1.82) is 0 Å². The number of aromatic nitrogens is 5. The third-order valence-corrected chi connectivity index (χ3v) is 16.9. The Labute approximate surface area is 437 Å². The van der Waals surface area contributed by atoms with Crippen molar-refractivity contribution in [2.75, 3.05) is 0 Å². The van der Waals surface area contributed by atoms with Crippen LogP contribution >= 0.6 is 11.3 Å². The van der Waals surface area contributed by atoms with Gasteiger partial charge in [-0.1, -0.05) is 164 Å². The van der Waals surface area contributed by atoms with E-state index >= 15 is 0 Å². The molecule has 0 fully saturated rings. The molecule has 12 aromatic carbocycles. The van der Waals surface area contributed by atoms with E-state index in [1.807, 2.05) is 6.07 Å². The summed E-state index contributed by atoms with van der Waals surface area (Å²) in [6, 6.07) is 85.0. The zero-order valence-corrected chi connectivity index (χ0v) is 41.4. The molecular formula is C69H39N5OS. The van der Waals surface area contributed by atoms with Gasteiger partial charge in [0.25, 0.3) is 0 Å². The van der Waals surface area contributed by atoms with Crippen molar-refractivity contribution < 1.29 is 4.42 Å². The number of thiophene rings is 1. The van der Waals surface area contributed by atoms with Crippen LogP contribution < -0.4 is 0 Å². The SMILES string of the molecule is c1ccc(-n2c3ccccc3c3cccc(-c4nc(-c5cc6ccc(-n7c8cc9ccccc9cc8c8ccc9ccccc9c87)cc6c6c5oc5ccccc56)nc(-c5cccc6c5sc5ccccc56)n4)c32)cc1. The Morgan fingerprint density at radius 1 is 0.329 bits per heavy atom. The molecule has 6 nitrogen and oxygen atoms in total. The Bertz CT molecular complexity index is 5310. The van der Waals surface area contributed by atoms with Crippen LogP contribution in [0, 0.1) is 0 Å². The summed E-state index contributed by atoms with van der Waals surface area (Å²) in [6.45, 7) is 0. The Balaban J connectivity index is 0.962. The molecule has 0 N–H and O–H groups in total. The molecule has 0 aliphatic heterocycles. The maximum Gasteiger partial charge on any atom is 0.167 e. The lowest BCUT2D eigenvalue weighted by molar-refractivity contribution is 0.670. The predicted molar refractivity (Wildman–Crippen MR) is 317 cm³/mol. The van der Waals surface area contributed by atoms with Crippen LogP contribution in [0.2, 0.25) is 0 Å². The highest BCUT2D eigenvalue weighted by Gasteiger charge is 2.25. The molecule has 0 radical (unpaired) electrons. The molecule has 5 heterocycles. The van der Waals surface area contributed by atoms with E-state index in [-0.39, 0.29) is 0 Å². The van der Waals surface area contributed by atoms with Gasteiger partial charge in [-0.2, -0.15) is 0 Å². The maximum absolute atomic E-state index is 7.10. The molecule has 0 amide bonds. The fourth-order valence-electron chi connectivity index (χ4n) is 12.4. The third kappa shape index (κ3) is 5.94. The molecule has 0 saturated carbocycles. The molecule has 352 valence electrons. The lowest BCUT2D eigenvalue weighted by Gasteiger charge is -2.14. The van der Waals surface area contributed by atoms with E-state index in [0.29, 0.717) is 17.5 Å². The summed E-state index contributed by atoms with van der Waals surface area (Å²) < 4.78 is 14.3. The minimum atomic E-state index is 0.535. The average Bonchev–Trinajstić information content (AvgIpc) is 4.35. The second-order valence-electron chi connectivity index (χ2n) is 19.8. The molecule has 17 rings (SSSR count). The summed E-state index contributed by atoms with van der Waals surface area (Å²) in [4.78, 5) is 16.7. The van der Waals surface area contributed by atoms with Crippen LogP contribution in [0.15, 0.2) is 241 Å². The van der Waals surface area contributed by atoms with Crippen molar-refractivity contribution in [3.8, 4) is 45.5 Å². The first-order valence-electron chi connectivity index (χ1n) is 25.7. The van der Waals surface area contributed by atoms with Crippen LogP contribution in [0.3, 0.4) is 0 Å². The van der Waals surface area contributed by atoms with E-state index < -0.39 is 0 Å². The topological polar surface area (TPSA) is 61.7 Å². The summed E-state index contributed by atoms with van der Waals surface area (Å²) in [6.07, 6.45) is 0. The van der Waals surface area contributed by atoms with Gasteiger partial charge < -0.3 is 13.6 Å². The average molecular weight is 986 g/mol. The number of benzene rings is 12. The van der Waals surface area contributed by atoms with Gasteiger partial charge in [-0.15, -0.1) is 11.3 Å². The monoisotopic (exact) mass is 985 g/mol. The second-order valence-corrected chi connectivity index (χ2v) is 20.9. The normalized spacial score (nSPS) is 12.2. The molecule has 0 unspecified atom stereocenters. The lowest BCUT2D eigenvalue weighted by Crippen LogP contribution is -2.02. The molecule has 0 spiro atoms. The molecule has 17 aromatic rings. The van der Waals surface area contributed by atoms with Gasteiger partial charge in [0.05, 0.1) is 27.6 Å². The Kier molecular flexibility index (Phi) is 8.62.